The molecule has 1 aromatic heterocycles. The Balaban J connectivity index is 1.69. The summed E-state index contributed by atoms with van der Waals surface area (Å²) in [6.07, 6.45) is 1.64. The summed E-state index contributed by atoms with van der Waals surface area (Å²) in [4.78, 5) is 13.7. The zero-order valence-corrected chi connectivity index (χ0v) is 11.7. The number of carbonyl (C=O) groups excluding carboxylic acids is 1. The van der Waals surface area contributed by atoms with E-state index in [1.807, 2.05) is 0 Å². The molecule has 1 aliphatic rings. The highest BCUT2D eigenvalue weighted by molar-refractivity contribution is 5.91. The summed E-state index contributed by atoms with van der Waals surface area (Å²) >= 11 is 0. The zero-order chi connectivity index (χ0) is 14.8. The third-order valence-corrected chi connectivity index (χ3v) is 3.58. The molecule has 6 nitrogen and oxygen atoms in total. The molecule has 2 aromatic rings. The smallest absolute Gasteiger partial charge is 0.276 e. The van der Waals surface area contributed by atoms with E-state index in [9.17, 15) is 9.18 Å². The van der Waals surface area contributed by atoms with Crippen molar-refractivity contribution in [2.45, 2.75) is 12.6 Å². The topological polar surface area (TPSA) is 63.1 Å². The Bertz CT molecular complexity index is 652. The van der Waals surface area contributed by atoms with Crippen LogP contribution in [0.5, 0.6) is 0 Å². The van der Waals surface area contributed by atoms with E-state index in [-0.39, 0.29) is 30.0 Å². The highest BCUT2D eigenvalue weighted by Gasteiger charge is 2.23. The van der Waals surface area contributed by atoms with Crippen molar-refractivity contribution in [3.05, 3.63) is 47.5 Å². The molecule has 0 aliphatic carbocycles. The van der Waals surface area contributed by atoms with Gasteiger partial charge in [0.25, 0.3) is 5.91 Å². The summed E-state index contributed by atoms with van der Waals surface area (Å²) < 4.78 is 15.3. The van der Waals surface area contributed by atoms with E-state index in [0.29, 0.717) is 5.56 Å². The second-order valence-electron chi connectivity index (χ2n) is 5.15. The Morgan fingerprint density at radius 1 is 1.48 bits per heavy atom. The summed E-state index contributed by atoms with van der Waals surface area (Å²) in [5.41, 5.74) is 0.754. The molecule has 2 heterocycles. The van der Waals surface area contributed by atoms with Gasteiger partial charge in [-0.1, -0.05) is 23.4 Å². The summed E-state index contributed by atoms with van der Waals surface area (Å²) in [6.45, 7) is 1.87. The number of nitrogens with one attached hydrogen (secondary N) is 1. The first-order chi connectivity index (χ1) is 10.1. The van der Waals surface area contributed by atoms with Gasteiger partial charge in [-0.2, -0.15) is 0 Å². The Kier molecular flexibility index (Phi) is 3.66. The number of nitrogens with zero attached hydrogens (tertiary/aromatic N) is 4. The van der Waals surface area contributed by atoms with Gasteiger partial charge in [0.1, 0.15) is 5.82 Å². The van der Waals surface area contributed by atoms with Crippen LogP contribution in [-0.4, -0.2) is 45.9 Å². The van der Waals surface area contributed by atoms with Crippen LogP contribution in [0.1, 0.15) is 22.1 Å². The van der Waals surface area contributed by atoms with Gasteiger partial charge in [0.2, 0.25) is 0 Å². The molecular formula is C14H16FN5O. The van der Waals surface area contributed by atoms with Crippen molar-refractivity contribution in [3.8, 4) is 0 Å². The molecule has 21 heavy (non-hydrogen) atoms. The second kappa shape index (κ2) is 5.61. The first-order valence-electron chi connectivity index (χ1n) is 6.76. The Morgan fingerprint density at radius 3 is 2.90 bits per heavy atom. The zero-order valence-electron chi connectivity index (χ0n) is 11.7. The predicted octanol–water partition coefficient (Wildman–Crippen LogP) is 0.834. The minimum Gasteiger partial charge on any atom is -0.336 e. The number of amides is 1. The fourth-order valence-electron chi connectivity index (χ4n) is 2.16. The van der Waals surface area contributed by atoms with Crippen molar-refractivity contribution in [2.24, 2.45) is 0 Å². The lowest BCUT2D eigenvalue weighted by Crippen LogP contribution is -2.43. The van der Waals surface area contributed by atoms with Gasteiger partial charge in [-0.25, -0.2) is 9.07 Å². The lowest BCUT2D eigenvalue weighted by molar-refractivity contribution is 0.0778. The average Bonchev–Trinajstić information content (AvgIpc) is 2.87. The Morgan fingerprint density at radius 2 is 2.24 bits per heavy atom. The molecule has 0 unspecified atom stereocenters. The maximum absolute atomic E-state index is 13.6. The molecular weight excluding hydrogens is 273 g/mol. The monoisotopic (exact) mass is 289 g/mol. The van der Waals surface area contributed by atoms with Crippen molar-refractivity contribution < 1.29 is 9.18 Å². The molecule has 7 heteroatoms. The predicted molar refractivity (Wildman–Crippen MR) is 74.1 cm³/mol. The van der Waals surface area contributed by atoms with Gasteiger partial charge in [-0.05, 0) is 6.07 Å². The van der Waals surface area contributed by atoms with E-state index in [0.717, 1.165) is 13.1 Å². The quantitative estimate of drug-likeness (QED) is 0.905. The molecule has 1 saturated heterocycles. The number of rotatable bonds is 4. The van der Waals surface area contributed by atoms with Crippen LogP contribution in [-0.2, 0) is 6.54 Å². The minimum atomic E-state index is -0.318. The molecule has 0 atom stereocenters. The van der Waals surface area contributed by atoms with Crippen LogP contribution in [0.15, 0.2) is 30.5 Å². The highest BCUT2D eigenvalue weighted by atomic mass is 19.1. The second-order valence-corrected chi connectivity index (χ2v) is 5.15. The van der Waals surface area contributed by atoms with E-state index in [2.05, 4.69) is 15.6 Å². The largest absolute Gasteiger partial charge is 0.336 e. The highest BCUT2D eigenvalue weighted by Crippen LogP contribution is 2.13. The van der Waals surface area contributed by atoms with Gasteiger partial charge in [0.15, 0.2) is 5.69 Å². The lowest BCUT2D eigenvalue weighted by Gasteiger charge is -2.26. The Labute approximate surface area is 121 Å². The molecule has 1 aliphatic heterocycles. The molecule has 0 spiro atoms. The number of aromatic nitrogens is 3. The normalized spacial score (nSPS) is 14.8. The van der Waals surface area contributed by atoms with Crippen LogP contribution in [0, 0.1) is 5.82 Å². The number of hydrogen-bond acceptors (Lipinski definition) is 4. The number of hydrogen-bond donors (Lipinski definition) is 1. The minimum absolute atomic E-state index is 0.198. The molecule has 1 amide bonds. The molecule has 1 aromatic carbocycles. The summed E-state index contributed by atoms with van der Waals surface area (Å²) in [5.74, 6) is -0.585. The standard InChI is InChI=1S/C14H16FN5O/c1-19(8-10-4-2-3-5-12(10)15)14(21)13-9-20(18-17-13)11-6-16-7-11/h2-5,9,11,16H,6-8H2,1H3. The van der Waals surface area contributed by atoms with Gasteiger partial charge < -0.3 is 10.2 Å². The van der Waals surface area contributed by atoms with Crippen molar-refractivity contribution >= 4 is 5.91 Å². The lowest BCUT2D eigenvalue weighted by atomic mass is 10.2. The molecule has 0 saturated carbocycles. The maximum Gasteiger partial charge on any atom is 0.276 e. The van der Waals surface area contributed by atoms with E-state index in [1.54, 1.807) is 36.1 Å². The third kappa shape index (κ3) is 2.78. The fourth-order valence-corrected chi connectivity index (χ4v) is 2.16. The van der Waals surface area contributed by atoms with Crippen LogP contribution in [0.25, 0.3) is 0 Å². The molecule has 110 valence electrons. The van der Waals surface area contributed by atoms with Gasteiger partial charge in [-0.15, -0.1) is 5.10 Å². The van der Waals surface area contributed by atoms with Crippen molar-refractivity contribution in [2.75, 3.05) is 20.1 Å². The van der Waals surface area contributed by atoms with E-state index < -0.39 is 0 Å². The Hall–Kier alpha value is -2.28. The van der Waals surface area contributed by atoms with Crippen molar-refractivity contribution in [1.29, 1.82) is 0 Å². The van der Waals surface area contributed by atoms with E-state index in [4.69, 9.17) is 0 Å². The molecule has 0 bridgehead atoms. The van der Waals surface area contributed by atoms with Crippen LogP contribution in [0.4, 0.5) is 4.39 Å². The van der Waals surface area contributed by atoms with E-state index >= 15 is 0 Å². The first kappa shape index (κ1) is 13.7. The van der Waals surface area contributed by atoms with Gasteiger partial charge in [0.05, 0.1) is 12.2 Å². The van der Waals surface area contributed by atoms with Gasteiger partial charge >= 0.3 is 0 Å². The molecule has 3 rings (SSSR count). The molecule has 0 radical (unpaired) electrons. The van der Waals surface area contributed by atoms with Crippen LogP contribution in [0.2, 0.25) is 0 Å². The van der Waals surface area contributed by atoms with Gasteiger partial charge in [-0.3, -0.25) is 4.79 Å². The summed E-state index contributed by atoms with van der Waals surface area (Å²) in [5, 5.41) is 11.0. The summed E-state index contributed by atoms with van der Waals surface area (Å²) in [6, 6.07) is 6.68. The number of halogens is 1. The van der Waals surface area contributed by atoms with Gasteiger partial charge in [0, 0.05) is 32.2 Å². The fraction of sp³-hybridized carbons (Fsp3) is 0.357. The van der Waals surface area contributed by atoms with Crippen LogP contribution < -0.4 is 5.32 Å². The van der Waals surface area contributed by atoms with Crippen molar-refractivity contribution in [3.63, 3.8) is 0 Å². The molecule has 1 N–H and O–H groups in total. The number of carbonyl (C=O) groups is 1. The molecule has 1 fully saturated rings. The first-order valence-corrected chi connectivity index (χ1v) is 6.76. The SMILES string of the molecule is CN(Cc1ccccc1F)C(=O)c1cn(C2CNC2)nn1. The van der Waals surface area contributed by atoms with E-state index in [1.165, 1.54) is 11.0 Å². The number of benzene rings is 1. The van der Waals surface area contributed by atoms with Crippen LogP contribution >= 0.6 is 0 Å². The van der Waals surface area contributed by atoms with Crippen LogP contribution in [0.3, 0.4) is 0 Å². The maximum atomic E-state index is 13.6. The third-order valence-electron chi connectivity index (χ3n) is 3.58. The summed E-state index contributed by atoms with van der Waals surface area (Å²) in [7, 11) is 1.62. The van der Waals surface area contributed by atoms with Crippen molar-refractivity contribution in [1.82, 2.24) is 25.2 Å². The average molecular weight is 289 g/mol.